The Morgan fingerprint density at radius 2 is 0.500 bits per heavy atom. The van der Waals surface area contributed by atoms with Gasteiger partial charge in [-0.1, -0.05) is 120 Å². The van der Waals surface area contributed by atoms with Gasteiger partial charge in [0, 0.05) is 19.6 Å². The Kier molecular flexibility index (Phi) is 9.21. The molecule has 0 nitrogen and oxygen atoms in total. The quantitative estimate of drug-likeness (QED) is 0.163. The fourth-order valence-corrected chi connectivity index (χ4v) is 14.8. The van der Waals surface area contributed by atoms with E-state index in [-0.39, 0.29) is 0 Å². The maximum atomic E-state index is 2.20. The van der Waals surface area contributed by atoms with E-state index in [1.54, 1.807) is 0 Å². The average Bonchev–Trinajstić information content (AvgIpc) is 2.96. The van der Waals surface area contributed by atoms with E-state index in [1.807, 2.05) is 92.4 Å². The average molecular weight is 637 g/mol. The summed E-state index contributed by atoms with van der Waals surface area (Å²) in [4.78, 5) is 5.09. The van der Waals surface area contributed by atoms with Gasteiger partial charge < -0.3 is 0 Å². The molecule has 0 saturated heterocycles. The van der Waals surface area contributed by atoms with Crippen molar-refractivity contribution in [1.82, 2.24) is 0 Å². The molecule has 8 heteroatoms. The van der Waals surface area contributed by atoms with Crippen molar-refractivity contribution in [2.24, 2.45) is 0 Å². The van der Waals surface area contributed by atoms with Gasteiger partial charge in [0.15, 0.2) is 0 Å². The highest BCUT2D eigenvalue weighted by atomic mass is 32.2. The molecule has 0 radical (unpaired) electrons. The minimum absolute atomic E-state index is 1.27. The zero-order valence-corrected chi connectivity index (χ0v) is 26.3. The fraction of sp³-hybridized carbons (Fsp3) is 0. The van der Waals surface area contributed by atoms with E-state index in [0.29, 0.717) is 0 Å². The first-order valence-corrected chi connectivity index (χ1v) is 18.2. The highest BCUT2D eigenvalue weighted by Gasteiger charge is 2.15. The van der Waals surface area contributed by atoms with Crippen LogP contribution in [0.4, 0.5) is 0 Å². The smallest absolute Gasteiger partial charge is 0.109 e. The molecular formula is C30H20S8. The zero-order chi connectivity index (χ0) is 25.6. The van der Waals surface area contributed by atoms with Gasteiger partial charge in [-0.25, -0.2) is 0 Å². The van der Waals surface area contributed by atoms with Crippen molar-refractivity contribution in [2.45, 2.75) is 36.4 Å². The second kappa shape index (κ2) is 13.2. The van der Waals surface area contributed by atoms with Crippen molar-refractivity contribution >= 4 is 92.4 Å². The van der Waals surface area contributed by atoms with Gasteiger partial charge in [0.1, 0.15) is 7.69 Å². The van der Waals surface area contributed by atoms with Crippen molar-refractivity contribution in [1.29, 1.82) is 0 Å². The summed E-state index contributed by atoms with van der Waals surface area (Å²) in [6.45, 7) is 0. The molecule has 2 aliphatic rings. The molecule has 0 atom stereocenters. The second-order valence-corrected chi connectivity index (χ2v) is 17.8. The Labute approximate surface area is 255 Å². The lowest BCUT2D eigenvalue weighted by Gasteiger charge is -2.11. The summed E-state index contributed by atoms with van der Waals surface area (Å²) in [5.74, 6) is 0. The van der Waals surface area contributed by atoms with E-state index in [4.69, 9.17) is 0 Å². The second-order valence-electron chi connectivity index (χ2n) is 7.79. The summed E-state index contributed by atoms with van der Waals surface area (Å²) in [7, 11) is 0. The standard InChI is InChI=1S/C30H20S8/c1-5-13-21(14-6-1)31-25-26(32-22-15-7-2-8-16-22)36-30-29(35-25)37-27(33-23-17-9-3-10-18-23)28(38-30)34-24-19-11-4-12-20-24/h1-20H. The molecule has 0 bridgehead atoms. The van der Waals surface area contributed by atoms with Gasteiger partial charge in [-0.2, -0.15) is 0 Å². The first-order chi connectivity index (χ1) is 18.8. The highest BCUT2D eigenvalue weighted by molar-refractivity contribution is 8.05. The predicted molar refractivity (Wildman–Crippen MR) is 173 cm³/mol. The molecule has 0 aliphatic carbocycles. The lowest BCUT2D eigenvalue weighted by atomic mass is 10.4. The molecule has 2 aliphatic heterocycles. The largest absolute Gasteiger partial charge is 0.114 e. The topological polar surface area (TPSA) is 0 Å². The van der Waals surface area contributed by atoms with E-state index in [0.717, 1.165) is 0 Å². The zero-order valence-electron chi connectivity index (χ0n) is 19.8. The summed E-state index contributed by atoms with van der Waals surface area (Å²) < 4.78 is 8.17. The molecule has 0 N–H and O–H groups in total. The normalized spacial score (nSPS) is 11.1. The van der Waals surface area contributed by atoms with Crippen LogP contribution in [-0.2, 0) is 0 Å². The van der Waals surface area contributed by atoms with Crippen molar-refractivity contribution in [3.05, 3.63) is 129 Å². The van der Waals surface area contributed by atoms with Crippen LogP contribution in [0.1, 0.15) is 0 Å². The number of hydrogen-bond acceptors (Lipinski definition) is 8. The van der Waals surface area contributed by atoms with Crippen molar-refractivity contribution in [3.63, 3.8) is 0 Å². The van der Waals surface area contributed by atoms with Crippen LogP contribution in [0.5, 0.6) is 0 Å². The van der Waals surface area contributed by atoms with Crippen LogP contribution in [0.25, 0.3) is 0 Å². The third-order valence-electron chi connectivity index (χ3n) is 5.06. The van der Waals surface area contributed by atoms with Crippen molar-refractivity contribution in [2.75, 3.05) is 0 Å². The molecule has 0 spiro atoms. The van der Waals surface area contributed by atoms with Crippen LogP contribution in [-0.4, -0.2) is 0 Å². The van der Waals surface area contributed by atoms with Gasteiger partial charge in [-0.05, 0) is 48.5 Å². The lowest BCUT2D eigenvalue weighted by Crippen LogP contribution is -1.80. The molecule has 0 fully saturated rings. The highest BCUT2D eigenvalue weighted by Crippen LogP contribution is 2.49. The van der Waals surface area contributed by atoms with Gasteiger partial charge in [0.2, 0.25) is 0 Å². The first-order valence-electron chi connectivity index (χ1n) is 11.7. The molecule has 0 unspecified atom stereocenters. The molecule has 0 amide bonds. The third kappa shape index (κ3) is 6.92. The maximum Gasteiger partial charge on any atom is 0.109 e. The van der Waals surface area contributed by atoms with Crippen LogP contribution >= 0.6 is 92.4 Å². The summed E-state index contributed by atoms with van der Waals surface area (Å²) in [6.07, 6.45) is 0. The number of benzene rings is 4. The summed E-state index contributed by atoms with van der Waals surface area (Å²) in [5, 5.41) is 0. The Hall–Kier alpha value is -1.62. The minimum atomic E-state index is 1.27. The molecule has 4 aromatic carbocycles. The van der Waals surface area contributed by atoms with E-state index < -0.39 is 0 Å². The molecule has 38 heavy (non-hydrogen) atoms. The number of rotatable bonds is 8. The van der Waals surface area contributed by atoms with Gasteiger partial charge in [-0.3, -0.25) is 0 Å². The molecule has 0 aromatic heterocycles. The summed E-state index contributed by atoms with van der Waals surface area (Å²) >= 11 is 15.2. The van der Waals surface area contributed by atoms with E-state index in [1.165, 1.54) is 44.1 Å². The Bertz CT molecular complexity index is 1440. The summed E-state index contributed by atoms with van der Waals surface area (Å²) in [6, 6.07) is 42.9. The predicted octanol–water partition coefficient (Wildman–Crippen LogP) is 12.4. The van der Waals surface area contributed by atoms with E-state index >= 15 is 0 Å². The van der Waals surface area contributed by atoms with Crippen molar-refractivity contribution < 1.29 is 0 Å². The SMILES string of the molecule is c1ccc(Sc2sc3sc(Sc4ccccc4)c(Sc4ccccc4)sc=3sc2Sc2ccccc2)cc1. The molecular weight excluding hydrogens is 617 g/mol. The number of hydrogen-bond donors (Lipinski definition) is 0. The maximum absolute atomic E-state index is 2.20. The van der Waals surface area contributed by atoms with Gasteiger partial charge >= 0.3 is 0 Å². The monoisotopic (exact) mass is 636 g/mol. The minimum Gasteiger partial charge on any atom is -0.114 e. The molecule has 188 valence electrons. The van der Waals surface area contributed by atoms with E-state index in [9.17, 15) is 0 Å². The van der Waals surface area contributed by atoms with Crippen LogP contribution in [0, 0.1) is 7.69 Å². The van der Waals surface area contributed by atoms with Crippen LogP contribution in [0.15, 0.2) is 158 Å². The van der Waals surface area contributed by atoms with E-state index in [2.05, 4.69) is 121 Å². The van der Waals surface area contributed by atoms with Gasteiger partial charge in [-0.15, -0.1) is 45.3 Å². The van der Waals surface area contributed by atoms with Crippen LogP contribution in [0.2, 0.25) is 0 Å². The molecule has 6 rings (SSSR count). The van der Waals surface area contributed by atoms with Gasteiger partial charge in [0.25, 0.3) is 0 Å². The fourth-order valence-electron chi connectivity index (χ4n) is 3.34. The third-order valence-corrected chi connectivity index (χ3v) is 16.3. The molecule has 2 heterocycles. The summed E-state index contributed by atoms with van der Waals surface area (Å²) in [5.41, 5.74) is 0. The molecule has 0 saturated carbocycles. The van der Waals surface area contributed by atoms with Gasteiger partial charge in [0.05, 0.1) is 16.8 Å². The lowest BCUT2D eigenvalue weighted by molar-refractivity contribution is 1.40. The van der Waals surface area contributed by atoms with Crippen molar-refractivity contribution in [3.8, 4) is 0 Å². The Morgan fingerprint density at radius 1 is 0.289 bits per heavy atom. The van der Waals surface area contributed by atoms with Crippen LogP contribution in [0.3, 0.4) is 0 Å². The van der Waals surface area contributed by atoms with Crippen LogP contribution < -0.4 is 0 Å². The Morgan fingerprint density at radius 3 is 0.711 bits per heavy atom. The first kappa shape index (κ1) is 26.6. The Balaban J connectivity index is 1.48. The molecule has 4 aromatic rings.